The molecule has 0 saturated heterocycles. The number of hydrogen-bond acceptors (Lipinski definition) is 5. The van der Waals surface area contributed by atoms with Gasteiger partial charge in [0.2, 0.25) is 5.91 Å². The number of nitrogens with zero attached hydrogens (tertiary/aromatic N) is 1. The minimum absolute atomic E-state index is 0.0927. The zero-order chi connectivity index (χ0) is 15.1. The van der Waals surface area contributed by atoms with Crippen LogP contribution in [0.3, 0.4) is 0 Å². The number of carbonyl (C=O) groups excluding carboxylic acids is 1. The van der Waals surface area contributed by atoms with Crippen molar-refractivity contribution in [2.75, 3.05) is 26.9 Å². The molecule has 6 heteroatoms. The third-order valence-corrected chi connectivity index (χ3v) is 4.44. The third kappa shape index (κ3) is 5.73. The van der Waals surface area contributed by atoms with Crippen LogP contribution in [0.4, 0.5) is 0 Å². The lowest BCUT2D eigenvalue weighted by Gasteiger charge is -2.15. The largest absolute Gasteiger partial charge is 0.382 e. The van der Waals surface area contributed by atoms with E-state index in [1.165, 1.54) is 17.7 Å². The van der Waals surface area contributed by atoms with E-state index in [0.717, 1.165) is 11.4 Å². The minimum atomic E-state index is 0.0927. The SMILES string of the molecule is COCCOCCCC(=O)N[C@H](c1ncc(C)s1)C1CC1. The first-order valence-corrected chi connectivity index (χ1v) is 8.30. The molecule has 0 bridgehead atoms. The number of thiazole rings is 1. The van der Waals surface area contributed by atoms with Crippen molar-refractivity contribution in [2.45, 2.75) is 38.6 Å². The van der Waals surface area contributed by atoms with Gasteiger partial charge in [-0.1, -0.05) is 0 Å². The summed E-state index contributed by atoms with van der Waals surface area (Å²) in [5, 5.41) is 4.18. The lowest BCUT2D eigenvalue weighted by atomic mass is 10.2. The van der Waals surface area contributed by atoms with Gasteiger partial charge in [0.05, 0.1) is 19.3 Å². The van der Waals surface area contributed by atoms with E-state index in [1.807, 2.05) is 13.1 Å². The molecule has 1 aliphatic rings. The highest BCUT2D eigenvalue weighted by molar-refractivity contribution is 7.11. The topological polar surface area (TPSA) is 60.5 Å². The number of ether oxygens (including phenoxy) is 2. The summed E-state index contributed by atoms with van der Waals surface area (Å²) < 4.78 is 10.3. The van der Waals surface area contributed by atoms with Crippen LogP contribution in [0.25, 0.3) is 0 Å². The van der Waals surface area contributed by atoms with E-state index in [-0.39, 0.29) is 11.9 Å². The van der Waals surface area contributed by atoms with Crippen LogP contribution in [0, 0.1) is 12.8 Å². The summed E-state index contributed by atoms with van der Waals surface area (Å²) in [6, 6.07) is 0.102. The maximum absolute atomic E-state index is 12.0. The molecule has 0 radical (unpaired) electrons. The van der Waals surface area contributed by atoms with Crippen LogP contribution in [-0.2, 0) is 14.3 Å². The van der Waals surface area contributed by atoms with Crippen molar-refractivity contribution in [3.05, 3.63) is 16.1 Å². The van der Waals surface area contributed by atoms with Crippen molar-refractivity contribution >= 4 is 17.2 Å². The van der Waals surface area contributed by atoms with E-state index in [9.17, 15) is 4.79 Å². The van der Waals surface area contributed by atoms with Crippen molar-refractivity contribution in [2.24, 2.45) is 5.92 Å². The predicted molar refractivity (Wildman–Crippen MR) is 82.4 cm³/mol. The molecule has 21 heavy (non-hydrogen) atoms. The summed E-state index contributed by atoms with van der Waals surface area (Å²) in [6.07, 6.45) is 5.49. The average molecular weight is 312 g/mol. The van der Waals surface area contributed by atoms with Gasteiger partial charge < -0.3 is 14.8 Å². The van der Waals surface area contributed by atoms with Gasteiger partial charge in [0.1, 0.15) is 5.01 Å². The molecule has 1 heterocycles. The summed E-state index contributed by atoms with van der Waals surface area (Å²) in [5.74, 6) is 0.660. The molecule has 118 valence electrons. The number of hydrogen-bond donors (Lipinski definition) is 1. The number of rotatable bonds is 10. The molecule has 0 aliphatic heterocycles. The van der Waals surface area contributed by atoms with Gasteiger partial charge in [-0.05, 0) is 32.1 Å². The predicted octanol–water partition coefficient (Wildman–Crippen LogP) is 2.46. The zero-order valence-corrected chi connectivity index (χ0v) is 13.6. The molecular formula is C15H24N2O3S. The molecule has 1 fully saturated rings. The number of aryl methyl sites for hydroxylation is 1. The van der Waals surface area contributed by atoms with Crippen molar-refractivity contribution in [3.63, 3.8) is 0 Å². The maximum Gasteiger partial charge on any atom is 0.220 e. The second kappa shape index (κ2) is 8.46. The molecule has 1 N–H and O–H groups in total. The molecule has 5 nitrogen and oxygen atoms in total. The average Bonchev–Trinajstić information content (AvgIpc) is 3.22. The Hall–Kier alpha value is -0.980. The van der Waals surface area contributed by atoms with Crippen LogP contribution in [0.15, 0.2) is 6.20 Å². The van der Waals surface area contributed by atoms with Gasteiger partial charge >= 0.3 is 0 Å². The van der Waals surface area contributed by atoms with E-state index >= 15 is 0 Å². The van der Waals surface area contributed by atoms with Crippen molar-refractivity contribution in [1.29, 1.82) is 0 Å². The molecular weight excluding hydrogens is 288 g/mol. The molecule has 1 aromatic rings. The quantitative estimate of drug-likeness (QED) is 0.674. The Morgan fingerprint density at radius 2 is 2.29 bits per heavy atom. The number of carbonyl (C=O) groups is 1. The molecule has 1 amide bonds. The van der Waals surface area contributed by atoms with Gasteiger partial charge in [0.25, 0.3) is 0 Å². The first kappa shape index (κ1) is 16.4. The summed E-state index contributed by atoms with van der Waals surface area (Å²) >= 11 is 1.68. The fraction of sp³-hybridized carbons (Fsp3) is 0.733. The summed E-state index contributed by atoms with van der Waals surface area (Å²) in [7, 11) is 1.65. The monoisotopic (exact) mass is 312 g/mol. The lowest BCUT2D eigenvalue weighted by molar-refractivity contribution is -0.122. The Morgan fingerprint density at radius 3 is 2.90 bits per heavy atom. The van der Waals surface area contributed by atoms with Gasteiger partial charge in [-0.25, -0.2) is 4.98 Å². The standard InChI is InChI=1S/C15H24N2O3S/c1-11-10-16-15(21-11)14(12-5-6-12)17-13(18)4-3-7-20-9-8-19-2/h10,12,14H,3-9H2,1-2H3,(H,17,18)/t14-/m0/s1. The molecule has 1 atom stereocenters. The third-order valence-electron chi connectivity index (χ3n) is 3.44. The van der Waals surface area contributed by atoms with Gasteiger partial charge in [-0.3, -0.25) is 4.79 Å². The minimum Gasteiger partial charge on any atom is -0.382 e. The maximum atomic E-state index is 12.0. The van der Waals surface area contributed by atoms with Crippen LogP contribution in [0.2, 0.25) is 0 Å². The van der Waals surface area contributed by atoms with Crippen molar-refractivity contribution < 1.29 is 14.3 Å². The second-order valence-corrected chi connectivity index (χ2v) is 6.67. The summed E-state index contributed by atoms with van der Waals surface area (Å²) in [4.78, 5) is 17.7. The number of amides is 1. The van der Waals surface area contributed by atoms with Crippen LogP contribution in [-0.4, -0.2) is 37.8 Å². The zero-order valence-electron chi connectivity index (χ0n) is 12.8. The normalized spacial score (nSPS) is 15.9. The Kier molecular flexibility index (Phi) is 6.60. The van der Waals surface area contributed by atoms with E-state index in [1.54, 1.807) is 18.4 Å². The first-order chi connectivity index (χ1) is 10.2. The van der Waals surface area contributed by atoms with Gasteiger partial charge in [0.15, 0.2) is 0 Å². The fourth-order valence-corrected chi connectivity index (χ4v) is 3.07. The fourth-order valence-electron chi connectivity index (χ4n) is 2.15. The molecule has 2 rings (SSSR count). The Balaban J connectivity index is 1.70. The Bertz CT molecular complexity index is 446. The van der Waals surface area contributed by atoms with Crippen LogP contribution in [0.5, 0.6) is 0 Å². The van der Waals surface area contributed by atoms with Gasteiger partial charge in [0, 0.05) is 31.2 Å². The Labute approximate surface area is 130 Å². The van der Waals surface area contributed by atoms with E-state index in [0.29, 0.717) is 32.2 Å². The van der Waals surface area contributed by atoms with E-state index < -0.39 is 0 Å². The van der Waals surface area contributed by atoms with Crippen molar-refractivity contribution in [1.82, 2.24) is 10.3 Å². The molecule has 1 saturated carbocycles. The highest BCUT2D eigenvalue weighted by Gasteiger charge is 2.35. The van der Waals surface area contributed by atoms with E-state index in [2.05, 4.69) is 10.3 Å². The van der Waals surface area contributed by atoms with E-state index in [4.69, 9.17) is 9.47 Å². The van der Waals surface area contributed by atoms with Gasteiger partial charge in [-0.15, -0.1) is 11.3 Å². The van der Waals surface area contributed by atoms with Crippen LogP contribution >= 0.6 is 11.3 Å². The highest BCUT2D eigenvalue weighted by Crippen LogP contribution is 2.42. The molecule has 0 spiro atoms. The first-order valence-electron chi connectivity index (χ1n) is 7.49. The second-order valence-electron chi connectivity index (χ2n) is 5.40. The van der Waals surface area contributed by atoms with Gasteiger partial charge in [-0.2, -0.15) is 0 Å². The highest BCUT2D eigenvalue weighted by atomic mass is 32.1. The van der Waals surface area contributed by atoms with Crippen molar-refractivity contribution in [3.8, 4) is 0 Å². The smallest absolute Gasteiger partial charge is 0.220 e. The molecule has 1 aliphatic carbocycles. The molecule has 0 unspecified atom stereocenters. The molecule has 0 aromatic carbocycles. The number of nitrogens with one attached hydrogen (secondary N) is 1. The molecule has 1 aromatic heterocycles. The summed E-state index contributed by atoms with van der Waals surface area (Å²) in [6.45, 7) is 3.83. The van der Waals surface area contributed by atoms with Crippen LogP contribution < -0.4 is 5.32 Å². The number of methoxy groups -OCH3 is 1. The Morgan fingerprint density at radius 1 is 1.48 bits per heavy atom. The summed E-state index contributed by atoms with van der Waals surface area (Å²) in [5.41, 5.74) is 0. The lowest BCUT2D eigenvalue weighted by Crippen LogP contribution is -2.29. The van der Waals surface area contributed by atoms with Crippen LogP contribution in [0.1, 0.15) is 41.6 Å². The number of aromatic nitrogens is 1.